The number of nitrogens with zero attached hydrogens (tertiary/aromatic N) is 2. The van der Waals surface area contributed by atoms with Gasteiger partial charge in [0, 0.05) is 50.1 Å². The highest BCUT2D eigenvalue weighted by Gasteiger charge is 2.46. The van der Waals surface area contributed by atoms with E-state index < -0.39 is 46.3 Å². The van der Waals surface area contributed by atoms with Gasteiger partial charge in [-0.1, -0.05) is 0 Å². The number of nitrogens with one attached hydrogen (secondary N) is 1. The van der Waals surface area contributed by atoms with E-state index in [0.717, 1.165) is 12.1 Å². The molecule has 1 saturated heterocycles. The van der Waals surface area contributed by atoms with Gasteiger partial charge in [0.1, 0.15) is 5.56 Å². The van der Waals surface area contributed by atoms with Crippen LogP contribution in [0.15, 0.2) is 16.9 Å². The van der Waals surface area contributed by atoms with E-state index in [4.69, 9.17) is 0 Å². The summed E-state index contributed by atoms with van der Waals surface area (Å²) in [4.78, 5) is 25.1. The summed E-state index contributed by atoms with van der Waals surface area (Å²) in [5.74, 6) is -3.47. The summed E-state index contributed by atoms with van der Waals surface area (Å²) in [5, 5.41) is 2.49. The number of carbonyl (C=O) groups excluding carboxylic acids is 1. The Morgan fingerprint density at radius 3 is 2.56 bits per heavy atom. The van der Waals surface area contributed by atoms with Crippen molar-refractivity contribution in [1.82, 2.24) is 14.2 Å². The van der Waals surface area contributed by atoms with Gasteiger partial charge >= 0.3 is 0 Å². The molecule has 1 saturated carbocycles. The Morgan fingerprint density at radius 2 is 1.93 bits per heavy atom. The van der Waals surface area contributed by atoms with Crippen molar-refractivity contribution in [2.75, 3.05) is 19.3 Å². The maximum absolute atomic E-state index is 12.9. The molecular formula is C17H21F2N3O4S. The second-order valence-electron chi connectivity index (χ2n) is 7.90. The standard InChI is InChI=1S/C17H21F2N3O4S/c1-27(25,26)21-7-10-4-11(9-21)14-3-2-13(16(24)22(14)8-10)15(23)20-12-5-17(18,19)6-12/h2-3,10-12H,4-9H2,1H3,(H,20,23)/t10-,11+/m0/s1. The molecule has 0 aromatic carbocycles. The van der Waals surface area contributed by atoms with Crippen LogP contribution in [0.2, 0.25) is 0 Å². The first-order valence-electron chi connectivity index (χ1n) is 8.91. The lowest BCUT2D eigenvalue weighted by molar-refractivity contribution is -0.0901. The van der Waals surface area contributed by atoms with Crippen LogP contribution >= 0.6 is 0 Å². The van der Waals surface area contributed by atoms with Crippen LogP contribution in [0.4, 0.5) is 8.78 Å². The molecule has 2 aliphatic heterocycles. The highest BCUT2D eigenvalue weighted by molar-refractivity contribution is 7.88. The lowest BCUT2D eigenvalue weighted by Gasteiger charge is -2.41. The molecule has 1 aromatic rings. The molecule has 1 aliphatic carbocycles. The predicted octanol–water partition coefficient (Wildman–Crippen LogP) is 0.754. The van der Waals surface area contributed by atoms with E-state index in [0.29, 0.717) is 19.6 Å². The number of halogens is 2. The van der Waals surface area contributed by atoms with Crippen molar-refractivity contribution >= 4 is 15.9 Å². The zero-order valence-electron chi connectivity index (χ0n) is 14.8. The highest BCUT2D eigenvalue weighted by atomic mass is 32.2. The van der Waals surface area contributed by atoms with Gasteiger partial charge in [-0.3, -0.25) is 9.59 Å². The topological polar surface area (TPSA) is 88.5 Å². The number of aromatic nitrogens is 1. The van der Waals surface area contributed by atoms with Gasteiger partial charge in [-0.2, -0.15) is 0 Å². The first-order chi connectivity index (χ1) is 12.5. The molecule has 27 heavy (non-hydrogen) atoms. The van der Waals surface area contributed by atoms with Crippen molar-refractivity contribution in [2.24, 2.45) is 5.92 Å². The minimum absolute atomic E-state index is 0.00677. The molecule has 1 amide bonds. The zero-order chi connectivity index (χ0) is 19.6. The monoisotopic (exact) mass is 401 g/mol. The second kappa shape index (κ2) is 6.10. The molecule has 3 aliphatic rings. The van der Waals surface area contributed by atoms with Crippen LogP contribution < -0.4 is 10.9 Å². The zero-order valence-corrected chi connectivity index (χ0v) is 15.6. The minimum atomic E-state index is -3.30. The maximum atomic E-state index is 12.9. The molecule has 4 rings (SSSR count). The van der Waals surface area contributed by atoms with Crippen LogP contribution in [-0.4, -0.2) is 54.5 Å². The molecule has 2 bridgehead atoms. The normalized spacial score (nSPS) is 27.5. The number of hydrogen-bond donors (Lipinski definition) is 1. The minimum Gasteiger partial charge on any atom is -0.349 e. The van der Waals surface area contributed by atoms with E-state index in [9.17, 15) is 26.8 Å². The van der Waals surface area contributed by atoms with E-state index in [1.165, 1.54) is 16.6 Å². The Bertz CT molecular complexity index is 951. The number of piperidine rings is 1. The molecule has 7 nitrogen and oxygen atoms in total. The summed E-state index contributed by atoms with van der Waals surface area (Å²) in [6, 6.07) is 2.48. The molecular weight excluding hydrogens is 380 g/mol. The van der Waals surface area contributed by atoms with Crippen LogP contribution in [0.3, 0.4) is 0 Å². The van der Waals surface area contributed by atoms with Gasteiger partial charge in [-0.15, -0.1) is 0 Å². The van der Waals surface area contributed by atoms with Crippen LogP contribution in [0, 0.1) is 5.92 Å². The fourth-order valence-corrected chi connectivity index (χ4v) is 5.30. The fourth-order valence-electron chi connectivity index (χ4n) is 4.37. The number of pyridine rings is 1. The first-order valence-corrected chi connectivity index (χ1v) is 10.8. The van der Waals surface area contributed by atoms with E-state index in [2.05, 4.69) is 5.32 Å². The van der Waals surface area contributed by atoms with E-state index >= 15 is 0 Å². The number of amides is 1. The van der Waals surface area contributed by atoms with E-state index in [-0.39, 0.29) is 17.4 Å². The molecule has 3 heterocycles. The van der Waals surface area contributed by atoms with Crippen molar-refractivity contribution in [3.63, 3.8) is 0 Å². The Hall–Kier alpha value is -1.81. The summed E-state index contributed by atoms with van der Waals surface area (Å²) in [6.07, 6.45) is 1.17. The van der Waals surface area contributed by atoms with Crippen molar-refractivity contribution in [3.8, 4) is 0 Å². The Kier molecular flexibility index (Phi) is 4.19. The summed E-state index contributed by atoms with van der Waals surface area (Å²) < 4.78 is 52.6. The Balaban J connectivity index is 1.57. The Morgan fingerprint density at radius 1 is 1.22 bits per heavy atom. The average molecular weight is 401 g/mol. The van der Waals surface area contributed by atoms with Crippen LogP contribution in [0.5, 0.6) is 0 Å². The Labute approximate surface area is 155 Å². The van der Waals surface area contributed by atoms with Gasteiger partial charge in [0.15, 0.2) is 0 Å². The van der Waals surface area contributed by atoms with Crippen LogP contribution in [0.25, 0.3) is 0 Å². The predicted molar refractivity (Wildman–Crippen MR) is 93.4 cm³/mol. The number of rotatable bonds is 3. The van der Waals surface area contributed by atoms with Crippen molar-refractivity contribution in [2.45, 2.75) is 43.7 Å². The molecule has 0 spiro atoms. The second-order valence-corrected chi connectivity index (χ2v) is 9.88. The van der Waals surface area contributed by atoms with Crippen molar-refractivity contribution in [1.29, 1.82) is 0 Å². The van der Waals surface area contributed by atoms with E-state index in [1.54, 1.807) is 10.6 Å². The summed E-state index contributed by atoms with van der Waals surface area (Å²) in [7, 11) is -3.30. The molecule has 2 fully saturated rings. The lowest BCUT2D eigenvalue weighted by atomic mass is 9.84. The molecule has 10 heteroatoms. The molecule has 0 unspecified atom stereocenters. The molecule has 0 radical (unpaired) electrons. The summed E-state index contributed by atoms with van der Waals surface area (Å²) in [6.45, 7) is 1.02. The van der Waals surface area contributed by atoms with Gasteiger partial charge in [0.25, 0.3) is 17.4 Å². The largest absolute Gasteiger partial charge is 0.349 e. The third-order valence-electron chi connectivity index (χ3n) is 5.71. The number of fused-ring (bicyclic) bond motifs is 4. The SMILES string of the molecule is CS(=O)(=O)N1C[C@@H]2C[C@H](C1)c1ccc(C(=O)NC3CC(F)(F)C3)c(=O)n1C2. The van der Waals surface area contributed by atoms with Crippen molar-refractivity contribution in [3.05, 3.63) is 33.7 Å². The van der Waals surface area contributed by atoms with Gasteiger partial charge < -0.3 is 9.88 Å². The first kappa shape index (κ1) is 18.5. The quantitative estimate of drug-likeness (QED) is 0.810. The molecule has 1 N–H and O–H groups in total. The third kappa shape index (κ3) is 3.40. The maximum Gasteiger partial charge on any atom is 0.263 e. The lowest BCUT2D eigenvalue weighted by Crippen LogP contribution is -2.52. The summed E-state index contributed by atoms with van der Waals surface area (Å²) in [5.41, 5.74) is 0.212. The fraction of sp³-hybridized carbons (Fsp3) is 0.647. The number of carbonyl (C=O) groups is 1. The molecule has 2 atom stereocenters. The van der Waals surface area contributed by atoms with Crippen LogP contribution in [0.1, 0.15) is 41.2 Å². The number of alkyl halides is 2. The smallest absolute Gasteiger partial charge is 0.263 e. The van der Waals surface area contributed by atoms with Crippen LogP contribution in [-0.2, 0) is 16.6 Å². The van der Waals surface area contributed by atoms with Gasteiger partial charge in [0.2, 0.25) is 10.0 Å². The molecule has 148 valence electrons. The summed E-state index contributed by atoms with van der Waals surface area (Å²) >= 11 is 0. The average Bonchev–Trinajstić information content (AvgIpc) is 2.53. The third-order valence-corrected chi connectivity index (χ3v) is 6.95. The molecule has 1 aromatic heterocycles. The van der Waals surface area contributed by atoms with Gasteiger partial charge in [-0.25, -0.2) is 21.5 Å². The van der Waals surface area contributed by atoms with E-state index in [1.807, 2.05) is 0 Å². The number of sulfonamides is 1. The van der Waals surface area contributed by atoms with Gasteiger partial charge in [-0.05, 0) is 24.5 Å². The highest BCUT2D eigenvalue weighted by Crippen LogP contribution is 2.38. The number of hydrogen-bond acceptors (Lipinski definition) is 4. The van der Waals surface area contributed by atoms with Crippen molar-refractivity contribution < 1.29 is 22.0 Å². The van der Waals surface area contributed by atoms with Gasteiger partial charge in [0.05, 0.1) is 6.26 Å².